The highest BCUT2D eigenvalue weighted by Crippen LogP contribution is 2.41. The van der Waals surface area contributed by atoms with E-state index in [9.17, 15) is 14.7 Å². The average molecular weight is 433 g/mol. The van der Waals surface area contributed by atoms with Gasteiger partial charge in [0.2, 0.25) is 0 Å². The molecule has 1 atom stereocenters. The molecule has 0 aromatic heterocycles. The molecule has 26 heavy (non-hydrogen) atoms. The first kappa shape index (κ1) is 18.4. The minimum atomic E-state index is -0.773. The van der Waals surface area contributed by atoms with Gasteiger partial charge in [0.15, 0.2) is 0 Å². The van der Waals surface area contributed by atoms with Crippen molar-refractivity contribution in [2.45, 2.75) is 6.04 Å². The zero-order valence-corrected chi connectivity index (χ0v) is 16.0. The predicted molar refractivity (Wildman–Crippen MR) is 105 cm³/mol. The third kappa shape index (κ3) is 3.20. The number of hydrogen-bond acceptors (Lipinski definition) is 3. The van der Waals surface area contributed by atoms with Gasteiger partial charge in [0.1, 0.15) is 5.76 Å². The Hall–Kier alpha value is -2.37. The molecule has 3 rings (SSSR count). The molecule has 1 aliphatic rings. The number of halogens is 2. The SMILES string of the molecule is C=CCN1C(=O)C(=O)/C(=C(\O)c2ccc(Br)cc2)C1c1ccccc1Cl. The Balaban J connectivity index is 2.23. The van der Waals surface area contributed by atoms with Crippen molar-refractivity contribution in [2.24, 2.45) is 0 Å². The van der Waals surface area contributed by atoms with Crippen LogP contribution in [0.3, 0.4) is 0 Å². The van der Waals surface area contributed by atoms with E-state index in [0.717, 1.165) is 4.47 Å². The van der Waals surface area contributed by atoms with Crippen molar-refractivity contribution < 1.29 is 14.7 Å². The van der Waals surface area contributed by atoms with E-state index < -0.39 is 17.7 Å². The number of ketones is 1. The standard InChI is InChI=1S/C20H15BrClNO3/c1-2-11-23-17(14-5-3-4-6-15(14)22)16(19(25)20(23)26)18(24)12-7-9-13(21)10-8-12/h2-10,17,24H,1,11H2/b18-16-. The van der Waals surface area contributed by atoms with Gasteiger partial charge in [-0.05, 0) is 23.8 Å². The number of nitrogens with zero attached hydrogens (tertiary/aromatic N) is 1. The zero-order valence-electron chi connectivity index (χ0n) is 13.7. The number of carbonyl (C=O) groups excluding carboxylic acids is 2. The van der Waals surface area contributed by atoms with Crippen molar-refractivity contribution in [1.29, 1.82) is 0 Å². The van der Waals surface area contributed by atoms with Gasteiger partial charge in [-0.3, -0.25) is 9.59 Å². The highest BCUT2D eigenvalue weighted by Gasteiger charge is 2.46. The Bertz CT molecular complexity index is 921. The number of Topliss-reactive ketones (excluding diaryl/α,β-unsaturated/α-hetero) is 1. The third-order valence-electron chi connectivity index (χ3n) is 4.18. The van der Waals surface area contributed by atoms with Crippen LogP contribution in [0.1, 0.15) is 17.2 Å². The van der Waals surface area contributed by atoms with Crippen LogP contribution in [0.5, 0.6) is 0 Å². The summed E-state index contributed by atoms with van der Waals surface area (Å²) in [6.45, 7) is 3.81. The molecule has 1 unspecified atom stereocenters. The van der Waals surface area contributed by atoms with Crippen molar-refractivity contribution in [2.75, 3.05) is 6.54 Å². The highest BCUT2D eigenvalue weighted by molar-refractivity contribution is 9.10. The largest absolute Gasteiger partial charge is 0.507 e. The first-order valence-electron chi connectivity index (χ1n) is 7.85. The number of carbonyl (C=O) groups is 2. The van der Waals surface area contributed by atoms with Crippen molar-refractivity contribution in [3.63, 3.8) is 0 Å². The lowest BCUT2D eigenvalue weighted by molar-refractivity contribution is -0.139. The normalized spacial score (nSPS) is 19.0. The van der Waals surface area contributed by atoms with Crippen LogP contribution in [0, 0.1) is 0 Å². The Morgan fingerprint density at radius 1 is 1.19 bits per heavy atom. The second-order valence-electron chi connectivity index (χ2n) is 5.77. The first-order chi connectivity index (χ1) is 12.5. The number of aliphatic hydroxyl groups is 1. The summed E-state index contributed by atoms with van der Waals surface area (Å²) in [5.74, 6) is -1.65. The van der Waals surface area contributed by atoms with Crippen molar-refractivity contribution >= 4 is 45.0 Å². The number of hydrogen-bond donors (Lipinski definition) is 1. The average Bonchev–Trinajstić information content (AvgIpc) is 2.87. The summed E-state index contributed by atoms with van der Waals surface area (Å²) in [5, 5.41) is 11.2. The maximum atomic E-state index is 12.7. The van der Waals surface area contributed by atoms with E-state index in [1.807, 2.05) is 0 Å². The molecule has 4 nitrogen and oxygen atoms in total. The van der Waals surface area contributed by atoms with E-state index in [1.54, 1.807) is 48.5 Å². The molecular formula is C20H15BrClNO3. The van der Waals surface area contributed by atoms with Gasteiger partial charge < -0.3 is 10.0 Å². The Morgan fingerprint density at radius 3 is 2.46 bits per heavy atom. The fourth-order valence-corrected chi connectivity index (χ4v) is 3.49. The summed E-state index contributed by atoms with van der Waals surface area (Å²) in [5.41, 5.74) is 1.04. The summed E-state index contributed by atoms with van der Waals surface area (Å²) >= 11 is 9.65. The van der Waals surface area contributed by atoms with Crippen LogP contribution < -0.4 is 0 Å². The lowest BCUT2D eigenvalue weighted by Crippen LogP contribution is -2.29. The van der Waals surface area contributed by atoms with E-state index >= 15 is 0 Å². The van der Waals surface area contributed by atoms with E-state index in [2.05, 4.69) is 22.5 Å². The first-order valence-corrected chi connectivity index (χ1v) is 9.02. The van der Waals surface area contributed by atoms with Crippen LogP contribution in [-0.4, -0.2) is 28.2 Å². The van der Waals surface area contributed by atoms with Gasteiger partial charge in [-0.15, -0.1) is 6.58 Å². The predicted octanol–water partition coefficient (Wildman–Crippen LogP) is 4.71. The molecule has 0 spiro atoms. The molecule has 2 aromatic rings. The second kappa shape index (κ2) is 7.48. The van der Waals surface area contributed by atoms with Gasteiger partial charge in [0.25, 0.3) is 11.7 Å². The molecule has 1 saturated heterocycles. The van der Waals surface area contributed by atoms with Crippen LogP contribution in [0.25, 0.3) is 5.76 Å². The lowest BCUT2D eigenvalue weighted by atomic mass is 9.95. The molecule has 1 amide bonds. The van der Waals surface area contributed by atoms with Crippen LogP contribution in [0.2, 0.25) is 5.02 Å². The Labute approximate surface area is 164 Å². The second-order valence-corrected chi connectivity index (χ2v) is 7.09. The molecular weight excluding hydrogens is 418 g/mol. The summed E-state index contributed by atoms with van der Waals surface area (Å²) in [6, 6.07) is 13.0. The number of likely N-dealkylation sites (tertiary alicyclic amines) is 1. The molecule has 1 fully saturated rings. The zero-order chi connectivity index (χ0) is 18.8. The maximum absolute atomic E-state index is 12.7. The van der Waals surface area contributed by atoms with Gasteiger partial charge in [-0.25, -0.2) is 0 Å². The number of aliphatic hydroxyl groups excluding tert-OH is 1. The summed E-state index contributed by atoms with van der Waals surface area (Å²) in [6.07, 6.45) is 1.54. The van der Waals surface area contributed by atoms with E-state index in [-0.39, 0.29) is 17.9 Å². The Kier molecular flexibility index (Phi) is 5.30. The number of rotatable bonds is 4. The smallest absolute Gasteiger partial charge is 0.295 e. The minimum absolute atomic E-state index is 0.0206. The van der Waals surface area contributed by atoms with Crippen LogP contribution in [-0.2, 0) is 9.59 Å². The molecule has 132 valence electrons. The number of amides is 1. The quantitative estimate of drug-likeness (QED) is 0.329. The molecule has 0 radical (unpaired) electrons. The van der Waals surface area contributed by atoms with E-state index in [1.165, 1.54) is 11.0 Å². The fourth-order valence-electron chi connectivity index (χ4n) is 2.99. The lowest BCUT2D eigenvalue weighted by Gasteiger charge is -2.24. The molecule has 1 aliphatic heterocycles. The van der Waals surface area contributed by atoms with Gasteiger partial charge in [-0.2, -0.15) is 0 Å². The van der Waals surface area contributed by atoms with Crippen LogP contribution in [0.15, 0.2) is 71.2 Å². The monoisotopic (exact) mass is 431 g/mol. The fraction of sp³-hybridized carbons (Fsp3) is 0.100. The molecule has 0 saturated carbocycles. The van der Waals surface area contributed by atoms with E-state index in [0.29, 0.717) is 16.1 Å². The minimum Gasteiger partial charge on any atom is -0.507 e. The maximum Gasteiger partial charge on any atom is 0.295 e. The van der Waals surface area contributed by atoms with Crippen molar-refractivity contribution in [3.05, 3.63) is 87.4 Å². The molecule has 6 heteroatoms. The van der Waals surface area contributed by atoms with Crippen molar-refractivity contribution in [1.82, 2.24) is 4.90 Å². The van der Waals surface area contributed by atoms with Gasteiger partial charge in [-0.1, -0.05) is 63.9 Å². The van der Waals surface area contributed by atoms with Crippen molar-refractivity contribution in [3.8, 4) is 0 Å². The van der Waals surface area contributed by atoms with Gasteiger partial charge >= 0.3 is 0 Å². The number of benzene rings is 2. The Morgan fingerprint density at radius 2 is 1.85 bits per heavy atom. The molecule has 1 N–H and O–H groups in total. The van der Waals surface area contributed by atoms with Gasteiger partial charge in [0, 0.05) is 21.6 Å². The summed E-state index contributed by atoms with van der Waals surface area (Å²) in [7, 11) is 0. The molecule has 2 aromatic carbocycles. The van der Waals surface area contributed by atoms with Crippen LogP contribution >= 0.6 is 27.5 Å². The van der Waals surface area contributed by atoms with Gasteiger partial charge in [0.05, 0.1) is 11.6 Å². The van der Waals surface area contributed by atoms with Crippen LogP contribution in [0.4, 0.5) is 0 Å². The topological polar surface area (TPSA) is 57.6 Å². The van der Waals surface area contributed by atoms with E-state index in [4.69, 9.17) is 11.6 Å². The third-order valence-corrected chi connectivity index (χ3v) is 5.06. The molecule has 0 aliphatic carbocycles. The molecule has 0 bridgehead atoms. The summed E-state index contributed by atoms with van der Waals surface area (Å²) in [4.78, 5) is 26.6. The molecule has 1 heterocycles. The highest BCUT2D eigenvalue weighted by atomic mass is 79.9. The summed E-state index contributed by atoms with van der Waals surface area (Å²) < 4.78 is 0.837.